The molecule has 2 aliphatic heterocycles. The van der Waals surface area contributed by atoms with E-state index in [1.54, 1.807) is 0 Å². The van der Waals surface area contributed by atoms with Gasteiger partial charge in [-0.3, -0.25) is 9.58 Å². The van der Waals surface area contributed by atoms with Gasteiger partial charge in [0.25, 0.3) is 0 Å². The molecule has 0 spiro atoms. The molecule has 4 heterocycles. The number of piperidine rings is 1. The average molecular weight is 360 g/mol. The Kier molecular flexibility index (Phi) is 5.46. The minimum absolute atomic E-state index is 0.654. The Morgan fingerprint density at radius 2 is 1.80 bits per heavy atom. The first-order valence-electron chi connectivity index (χ1n) is 9.08. The number of thioether (sulfide) groups is 1. The largest absolute Gasteiger partial charge is 0.341 e. The van der Waals surface area contributed by atoms with Crippen molar-refractivity contribution >= 4 is 17.7 Å². The van der Waals surface area contributed by atoms with E-state index in [1.807, 2.05) is 34.9 Å². The predicted octanol–water partition coefficient (Wildman–Crippen LogP) is 1.53. The average Bonchev–Trinajstić information content (AvgIpc) is 3.11. The summed E-state index contributed by atoms with van der Waals surface area (Å²) in [5.74, 6) is 3.97. The number of aromatic nitrogens is 5. The predicted molar refractivity (Wildman–Crippen MR) is 99.6 cm³/mol. The van der Waals surface area contributed by atoms with Gasteiger partial charge in [0, 0.05) is 69.4 Å². The molecular formula is C17H25N7S. The fraction of sp³-hybridized carbons (Fsp3) is 0.647. The minimum Gasteiger partial charge on any atom is -0.341 e. The number of hydrogen-bond acceptors (Lipinski definition) is 7. The lowest BCUT2D eigenvalue weighted by molar-refractivity contribution is 0.291. The number of nitrogens with zero attached hydrogens (tertiary/aromatic N) is 7. The molecule has 4 rings (SSSR count). The van der Waals surface area contributed by atoms with Gasteiger partial charge in [-0.1, -0.05) is 5.21 Å². The maximum atomic E-state index is 4.37. The lowest BCUT2D eigenvalue weighted by atomic mass is 9.97. The second-order valence-corrected chi connectivity index (χ2v) is 8.02. The Hall–Kier alpha value is -1.67. The van der Waals surface area contributed by atoms with Crippen molar-refractivity contribution in [3.63, 3.8) is 0 Å². The van der Waals surface area contributed by atoms with E-state index in [9.17, 15) is 0 Å². The fourth-order valence-electron chi connectivity index (χ4n) is 3.52. The second-order valence-electron chi connectivity index (χ2n) is 6.80. The standard InChI is InChI=1S/C17H25N7S/c1-4-18-17(19-5-1)23-6-2-15(3-7-23)12-24-14-16(20-21-24)13-22-8-10-25-11-9-22/h1,4-5,14-15H,2-3,6-13H2. The molecule has 0 bridgehead atoms. The third kappa shape index (κ3) is 4.49. The van der Waals surface area contributed by atoms with Crippen molar-refractivity contribution in [2.45, 2.75) is 25.9 Å². The van der Waals surface area contributed by atoms with Gasteiger partial charge >= 0.3 is 0 Å². The van der Waals surface area contributed by atoms with Gasteiger partial charge in [0.2, 0.25) is 5.95 Å². The molecule has 2 aliphatic rings. The SMILES string of the molecule is c1cnc(N2CCC(Cn3cc(CN4CCSCC4)nn3)CC2)nc1. The van der Waals surface area contributed by atoms with Crippen LogP contribution in [0.15, 0.2) is 24.7 Å². The maximum Gasteiger partial charge on any atom is 0.225 e. The zero-order chi connectivity index (χ0) is 16.9. The Labute approximate surface area is 152 Å². The van der Waals surface area contributed by atoms with Gasteiger partial charge in [-0.05, 0) is 24.8 Å². The van der Waals surface area contributed by atoms with Crippen LogP contribution in [0.2, 0.25) is 0 Å². The summed E-state index contributed by atoms with van der Waals surface area (Å²) in [5, 5.41) is 8.72. The van der Waals surface area contributed by atoms with Crippen molar-refractivity contribution in [2.75, 3.05) is 42.6 Å². The van der Waals surface area contributed by atoms with Crippen LogP contribution in [-0.2, 0) is 13.1 Å². The van der Waals surface area contributed by atoms with Gasteiger partial charge < -0.3 is 4.90 Å². The van der Waals surface area contributed by atoms with E-state index >= 15 is 0 Å². The van der Waals surface area contributed by atoms with E-state index in [0.717, 1.165) is 63.8 Å². The molecule has 2 aromatic heterocycles. The summed E-state index contributed by atoms with van der Waals surface area (Å²) >= 11 is 2.04. The summed E-state index contributed by atoms with van der Waals surface area (Å²) in [6.45, 7) is 6.26. The molecule has 0 atom stereocenters. The van der Waals surface area contributed by atoms with E-state index in [2.05, 4.69) is 36.3 Å². The molecular weight excluding hydrogens is 334 g/mol. The summed E-state index contributed by atoms with van der Waals surface area (Å²) in [6.07, 6.45) is 8.06. The van der Waals surface area contributed by atoms with Crippen molar-refractivity contribution in [3.05, 3.63) is 30.4 Å². The van der Waals surface area contributed by atoms with Crippen LogP contribution in [0, 0.1) is 5.92 Å². The van der Waals surface area contributed by atoms with Gasteiger partial charge in [0.05, 0.1) is 5.69 Å². The summed E-state index contributed by atoms with van der Waals surface area (Å²) in [6, 6.07) is 1.86. The van der Waals surface area contributed by atoms with Crippen LogP contribution < -0.4 is 4.90 Å². The highest BCUT2D eigenvalue weighted by Gasteiger charge is 2.21. The number of hydrogen-bond donors (Lipinski definition) is 0. The van der Waals surface area contributed by atoms with Crippen molar-refractivity contribution in [3.8, 4) is 0 Å². The highest BCUT2D eigenvalue weighted by molar-refractivity contribution is 7.99. The van der Waals surface area contributed by atoms with E-state index in [4.69, 9.17) is 0 Å². The fourth-order valence-corrected chi connectivity index (χ4v) is 4.50. The number of anilines is 1. The molecule has 0 saturated carbocycles. The monoisotopic (exact) mass is 359 g/mol. The van der Waals surface area contributed by atoms with Crippen LogP contribution in [0.4, 0.5) is 5.95 Å². The highest BCUT2D eigenvalue weighted by atomic mass is 32.2. The van der Waals surface area contributed by atoms with E-state index in [-0.39, 0.29) is 0 Å². The molecule has 8 heteroatoms. The van der Waals surface area contributed by atoms with Crippen molar-refractivity contribution < 1.29 is 0 Å². The molecule has 0 radical (unpaired) electrons. The third-order valence-corrected chi connectivity index (χ3v) is 5.91. The second kappa shape index (κ2) is 8.14. The van der Waals surface area contributed by atoms with Crippen LogP contribution in [-0.4, -0.2) is 67.5 Å². The van der Waals surface area contributed by atoms with Crippen LogP contribution in [0.5, 0.6) is 0 Å². The smallest absolute Gasteiger partial charge is 0.225 e. The number of rotatable bonds is 5. The van der Waals surface area contributed by atoms with Crippen LogP contribution >= 0.6 is 11.8 Å². The molecule has 25 heavy (non-hydrogen) atoms. The Morgan fingerprint density at radius 3 is 2.56 bits per heavy atom. The topological polar surface area (TPSA) is 63.0 Å². The lowest BCUT2D eigenvalue weighted by Crippen LogP contribution is -2.36. The van der Waals surface area contributed by atoms with E-state index < -0.39 is 0 Å². The zero-order valence-corrected chi connectivity index (χ0v) is 15.3. The molecule has 134 valence electrons. The van der Waals surface area contributed by atoms with Crippen LogP contribution in [0.1, 0.15) is 18.5 Å². The summed E-state index contributed by atoms with van der Waals surface area (Å²) in [7, 11) is 0. The van der Waals surface area contributed by atoms with E-state index in [0.29, 0.717) is 5.92 Å². The first-order chi connectivity index (χ1) is 12.4. The molecule has 0 N–H and O–H groups in total. The molecule has 0 aliphatic carbocycles. The van der Waals surface area contributed by atoms with Crippen LogP contribution in [0.3, 0.4) is 0 Å². The summed E-state index contributed by atoms with van der Waals surface area (Å²) in [4.78, 5) is 13.5. The summed E-state index contributed by atoms with van der Waals surface area (Å²) < 4.78 is 2.04. The molecule has 2 fully saturated rings. The first kappa shape index (κ1) is 16.8. The van der Waals surface area contributed by atoms with Gasteiger partial charge in [0.15, 0.2) is 0 Å². The Balaban J connectivity index is 1.26. The molecule has 0 aromatic carbocycles. The summed E-state index contributed by atoms with van der Waals surface area (Å²) in [5.41, 5.74) is 1.10. The highest BCUT2D eigenvalue weighted by Crippen LogP contribution is 2.21. The van der Waals surface area contributed by atoms with Gasteiger partial charge in [-0.25, -0.2) is 9.97 Å². The molecule has 0 amide bonds. The lowest BCUT2D eigenvalue weighted by Gasteiger charge is -2.31. The molecule has 0 unspecified atom stereocenters. The molecule has 7 nitrogen and oxygen atoms in total. The molecule has 2 aromatic rings. The first-order valence-corrected chi connectivity index (χ1v) is 10.2. The van der Waals surface area contributed by atoms with E-state index in [1.165, 1.54) is 11.5 Å². The van der Waals surface area contributed by atoms with Gasteiger partial charge in [-0.15, -0.1) is 5.10 Å². The van der Waals surface area contributed by atoms with Gasteiger partial charge in [0.1, 0.15) is 0 Å². The van der Waals surface area contributed by atoms with Crippen molar-refractivity contribution in [2.24, 2.45) is 5.92 Å². The van der Waals surface area contributed by atoms with Crippen molar-refractivity contribution in [1.82, 2.24) is 29.9 Å². The Morgan fingerprint density at radius 1 is 1.04 bits per heavy atom. The van der Waals surface area contributed by atoms with Gasteiger partial charge in [-0.2, -0.15) is 11.8 Å². The normalized spacial score (nSPS) is 20.1. The van der Waals surface area contributed by atoms with Crippen molar-refractivity contribution in [1.29, 1.82) is 0 Å². The quantitative estimate of drug-likeness (QED) is 0.802. The third-order valence-electron chi connectivity index (χ3n) is 4.97. The van der Waals surface area contributed by atoms with Crippen LogP contribution in [0.25, 0.3) is 0 Å². The Bertz CT molecular complexity index is 648. The zero-order valence-electron chi connectivity index (χ0n) is 14.5. The maximum absolute atomic E-state index is 4.37. The minimum atomic E-state index is 0.654. The molecule has 2 saturated heterocycles.